The van der Waals surface area contributed by atoms with E-state index in [0.29, 0.717) is 47.7 Å². The lowest BCUT2D eigenvalue weighted by atomic mass is 10.1. The van der Waals surface area contributed by atoms with Crippen LogP contribution in [0.1, 0.15) is 15.9 Å². The second kappa shape index (κ2) is 7.62. The van der Waals surface area contributed by atoms with Gasteiger partial charge >= 0.3 is 0 Å². The van der Waals surface area contributed by atoms with E-state index in [9.17, 15) is 4.79 Å². The van der Waals surface area contributed by atoms with E-state index in [0.717, 1.165) is 16.6 Å². The number of nitrogens with zero attached hydrogens (tertiary/aromatic N) is 4. The van der Waals surface area contributed by atoms with E-state index >= 15 is 0 Å². The molecule has 2 aromatic heterocycles. The fourth-order valence-electron chi connectivity index (χ4n) is 3.33. The van der Waals surface area contributed by atoms with Gasteiger partial charge in [-0.05, 0) is 40.2 Å². The number of hydrogen-bond acceptors (Lipinski definition) is 5. The third kappa shape index (κ3) is 3.35. The molecule has 1 aliphatic rings. The number of halogens is 1. The number of aromatic nitrogens is 2. The van der Waals surface area contributed by atoms with Gasteiger partial charge in [-0.15, -0.1) is 0 Å². The van der Waals surface area contributed by atoms with Crippen molar-refractivity contribution in [2.45, 2.75) is 0 Å². The first kappa shape index (κ1) is 18.5. The summed E-state index contributed by atoms with van der Waals surface area (Å²) in [7, 11) is 1.92. The summed E-state index contributed by atoms with van der Waals surface area (Å²) in [5.41, 5.74) is 2.78. The van der Waals surface area contributed by atoms with E-state index in [4.69, 9.17) is 10.00 Å². The van der Waals surface area contributed by atoms with Crippen LogP contribution in [0.15, 0.2) is 41.1 Å². The number of nitrogens with one attached hydrogen (secondary N) is 1. The van der Waals surface area contributed by atoms with Crippen molar-refractivity contribution < 1.29 is 9.53 Å². The van der Waals surface area contributed by atoms with E-state index in [2.05, 4.69) is 32.3 Å². The van der Waals surface area contributed by atoms with Gasteiger partial charge in [-0.1, -0.05) is 0 Å². The van der Waals surface area contributed by atoms with E-state index in [1.807, 2.05) is 36.0 Å². The zero-order chi connectivity index (χ0) is 19.7. The first-order valence-electron chi connectivity index (χ1n) is 8.86. The highest BCUT2D eigenvalue weighted by Crippen LogP contribution is 2.30. The summed E-state index contributed by atoms with van der Waals surface area (Å²) in [6, 6.07) is 9.47. The molecule has 1 N–H and O–H groups in total. The molecular formula is C20H18BrN5O2. The number of ether oxygens (including phenoxy) is 1. The summed E-state index contributed by atoms with van der Waals surface area (Å²) >= 11 is 3.40. The summed E-state index contributed by atoms with van der Waals surface area (Å²) in [6.45, 7) is 2.29. The van der Waals surface area contributed by atoms with Crippen molar-refractivity contribution in [1.82, 2.24) is 14.5 Å². The lowest BCUT2D eigenvalue weighted by Gasteiger charge is -2.27. The van der Waals surface area contributed by atoms with Gasteiger partial charge in [-0.25, -0.2) is 4.98 Å². The van der Waals surface area contributed by atoms with E-state index in [1.54, 1.807) is 17.2 Å². The summed E-state index contributed by atoms with van der Waals surface area (Å²) < 4.78 is 7.99. The molecule has 0 aliphatic carbocycles. The van der Waals surface area contributed by atoms with Gasteiger partial charge in [-0.3, -0.25) is 4.79 Å². The maximum atomic E-state index is 13.0. The molecule has 1 amide bonds. The Morgan fingerprint density at radius 2 is 2.11 bits per heavy atom. The Bertz CT molecular complexity index is 1100. The molecule has 28 heavy (non-hydrogen) atoms. The van der Waals surface area contributed by atoms with Crippen LogP contribution in [0.25, 0.3) is 10.9 Å². The molecule has 142 valence electrons. The average molecular weight is 440 g/mol. The van der Waals surface area contributed by atoms with Crippen molar-refractivity contribution in [3.05, 3.63) is 52.3 Å². The van der Waals surface area contributed by atoms with E-state index in [-0.39, 0.29) is 5.91 Å². The van der Waals surface area contributed by atoms with Crippen LogP contribution in [0.2, 0.25) is 0 Å². The number of carbonyl (C=O) groups is 1. The number of anilines is 2. The van der Waals surface area contributed by atoms with Crippen molar-refractivity contribution in [1.29, 1.82) is 5.26 Å². The van der Waals surface area contributed by atoms with Crippen LogP contribution in [0, 0.1) is 11.3 Å². The van der Waals surface area contributed by atoms with Gasteiger partial charge in [0.05, 0.1) is 29.9 Å². The summed E-state index contributed by atoms with van der Waals surface area (Å²) in [4.78, 5) is 19.3. The lowest BCUT2D eigenvalue weighted by molar-refractivity contribution is 0.0303. The molecule has 1 saturated heterocycles. The monoisotopic (exact) mass is 439 g/mol. The molecule has 4 rings (SSSR count). The van der Waals surface area contributed by atoms with Crippen LogP contribution < -0.4 is 5.32 Å². The zero-order valence-electron chi connectivity index (χ0n) is 15.3. The number of aryl methyl sites for hydroxylation is 1. The van der Waals surface area contributed by atoms with Crippen LogP contribution in [-0.2, 0) is 11.8 Å². The summed E-state index contributed by atoms with van der Waals surface area (Å²) in [5, 5.41) is 13.2. The average Bonchev–Trinajstić information content (AvgIpc) is 3.11. The van der Waals surface area contributed by atoms with Gasteiger partial charge in [0.2, 0.25) is 0 Å². The summed E-state index contributed by atoms with van der Waals surface area (Å²) in [6.07, 6.45) is 3.55. The number of amides is 1. The van der Waals surface area contributed by atoms with Gasteiger partial charge in [0.15, 0.2) is 0 Å². The first-order valence-corrected chi connectivity index (χ1v) is 9.65. The van der Waals surface area contributed by atoms with Crippen molar-refractivity contribution in [3.63, 3.8) is 0 Å². The SMILES string of the molecule is Cn1ccc2c(Nc3ccc(C#N)c(Br)c3)ncc(C(=O)N3CCOCC3)c21. The molecule has 3 aromatic rings. The van der Waals surface area contributed by atoms with Crippen LogP contribution in [0.3, 0.4) is 0 Å². The fourth-order valence-corrected chi connectivity index (χ4v) is 3.80. The lowest BCUT2D eigenvalue weighted by Crippen LogP contribution is -2.40. The molecule has 1 aliphatic heterocycles. The Hall–Kier alpha value is -2.89. The topological polar surface area (TPSA) is 83.2 Å². The molecule has 7 nitrogen and oxygen atoms in total. The molecule has 0 saturated carbocycles. The number of morpholine rings is 1. The minimum Gasteiger partial charge on any atom is -0.378 e. The number of fused-ring (bicyclic) bond motifs is 1. The maximum absolute atomic E-state index is 13.0. The smallest absolute Gasteiger partial charge is 0.257 e. The number of rotatable bonds is 3. The fraction of sp³-hybridized carbons (Fsp3) is 0.250. The van der Waals surface area contributed by atoms with Gasteiger partial charge < -0.3 is 19.5 Å². The van der Waals surface area contributed by atoms with Crippen molar-refractivity contribution in [2.24, 2.45) is 7.05 Å². The van der Waals surface area contributed by atoms with Crippen molar-refractivity contribution >= 4 is 44.2 Å². The van der Waals surface area contributed by atoms with Gasteiger partial charge in [0.1, 0.15) is 11.9 Å². The Kier molecular flexibility index (Phi) is 5.03. The van der Waals surface area contributed by atoms with Gasteiger partial charge in [0.25, 0.3) is 5.91 Å². The number of hydrogen-bond donors (Lipinski definition) is 1. The predicted molar refractivity (Wildman–Crippen MR) is 110 cm³/mol. The Balaban J connectivity index is 1.71. The second-order valence-corrected chi connectivity index (χ2v) is 7.40. The van der Waals surface area contributed by atoms with Crippen LogP contribution in [0.5, 0.6) is 0 Å². The highest BCUT2D eigenvalue weighted by Gasteiger charge is 2.23. The van der Waals surface area contributed by atoms with E-state index in [1.165, 1.54) is 0 Å². The molecule has 1 fully saturated rings. The predicted octanol–water partition coefficient (Wildman–Crippen LogP) is 3.42. The summed E-state index contributed by atoms with van der Waals surface area (Å²) in [5.74, 6) is 0.626. The van der Waals surface area contributed by atoms with Gasteiger partial charge in [-0.2, -0.15) is 5.26 Å². The molecule has 1 aromatic carbocycles. The maximum Gasteiger partial charge on any atom is 0.257 e. The zero-order valence-corrected chi connectivity index (χ0v) is 16.9. The minimum atomic E-state index is -0.0322. The van der Waals surface area contributed by atoms with Gasteiger partial charge in [0, 0.05) is 48.1 Å². The van der Waals surface area contributed by atoms with E-state index < -0.39 is 0 Å². The van der Waals surface area contributed by atoms with Crippen LogP contribution in [0.4, 0.5) is 11.5 Å². The van der Waals surface area contributed by atoms with Crippen molar-refractivity contribution in [2.75, 3.05) is 31.6 Å². The molecule has 3 heterocycles. The molecule has 0 atom stereocenters. The highest BCUT2D eigenvalue weighted by molar-refractivity contribution is 9.10. The number of carbonyl (C=O) groups excluding carboxylic acids is 1. The third-order valence-corrected chi connectivity index (χ3v) is 5.44. The largest absolute Gasteiger partial charge is 0.378 e. The molecule has 0 spiro atoms. The number of nitriles is 1. The van der Waals surface area contributed by atoms with Crippen molar-refractivity contribution in [3.8, 4) is 6.07 Å². The second-order valence-electron chi connectivity index (χ2n) is 6.55. The molecule has 0 unspecified atom stereocenters. The standard InChI is InChI=1S/C20H18BrN5O2/c1-25-5-4-15-18(25)16(20(27)26-6-8-28-9-7-26)12-23-19(15)24-14-3-2-13(11-22)17(21)10-14/h2-5,10,12H,6-9H2,1H3,(H,23,24). The highest BCUT2D eigenvalue weighted by atomic mass is 79.9. The Morgan fingerprint density at radius 1 is 1.32 bits per heavy atom. The molecule has 0 radical (unpaired) electrons. The molecule has 0 bridgehead atoms. The third-order valence-electron chi connectivity index (χ3n) is 4.79. The Morgan fingerprint density at radius 3 is 2.82 bits per heavy atom. The number of benzene rings is 1. The normalized spacial score (nSPS) is 14.1. The quantitative estimate of drug-likeness (QED) is 0.675. The van der Waals surface area contributed by atoms with Crippen LogP contribution in [-0.4, -0.2) is 46.7 Å². The first-order chi connectivity index (χ1) is 13.6. The molecule has 8 heteroatoms. The number of pyridine rings is 1. The molecular weight excluding hydrogens is 422 g/mol. The van der Waals surface area contributed by atoms with Crippen LogP contribution >= 0.6 is 15.9 Å². The minimum absolute atomic E-state index is 0.0322. The Labute approximate surface area is 170 Å².